The number of carbonyl (C=O) groups is 1. The molecule has 0 aromatic carbocycles. The van der Waals surface area contributed by atoms with E-state index in [0.29, 0.717) is 12.2 Å². The van der Waals surface area contributed by atoms with Crippen molar-refractivity contribution in [3.63, 3.8) is 0 Å². The van der Waals surface area contributed by atoms with Crippen LogP contribution in [0.1, 0.15) is 33.6 Å². The highest BCUT2D eigenvalue weighted by atomic mass is 16.1. The molecule has 1 nitrogen and oxygen atoms in total. The molecule has 0 N–H and O–H groups in total. The molecule has 11 heavy (non-hydrogen) atoms. The number of carbonyl (C=O) groups excluding carboxylic acids is 1. The van der Waals surface area contributed by atoms with Gasteiger partial charge in [-0.1, -0.05) is 32.9 Å². The number of ketones is 1. The van der Waals surface area contributed by atoms with E-state index in [1.807, 2.05) is 6.92 Å². The molecule has 1 saturated carbocycles. The molecule has 0 aromatic rings. The third-order valence-corrected chi connectivity index (χ3v) is 2.45. The zero-order valence-corrected chi connectivity index (χ0v) is 7.61. The van der Waals surface area contributed by atoms with Crippen molar-refractivity contribution in [2.24, 2.45) is 11.3 Å². The van der Waals surface area contributed by atoms with Gasteiger partial charge in [0.15, 0.2) is 0 Å². The first kappa shape index (κ1) is 8.51. The first-order valence-corrected chi connectivity index (χ1v) is 4.13. The van der Waals surface area contributed by atoms with Gasteiger partial charge in [0.1, 0.15) is 5.78 Å². The quantitative estimate of drug-likeness (QED) is 0.487. The van der Waals surface area contributed by atoms with E-state index in [1.54, 1.807) is 0 Å². The molecule has 1 fully saturated rings. The van der Waals surface area contributed by atoms with Crippen LogP contribution in [0.3, 0.4) is 0 Å². The lowest BCUT2D eigenvalue weighted by molar-refractivity contribution is -0.124. The van der Waals surface area contributed by atoms with Crippen LogP contribution in [0.15, 0.2) is 12.2 Å². The van der Waals surface area contributed by atoms with E-state index in [9.17, 15) is 4.79 Å². The Labute approximate surface area is 68.5 Å². The molecule has 1 aliphatic rings. The predicted molar refractivity (Wildman–Crippen MR) is 46.3 cm³/mol. The van der Waals surface area contributed by atoms with Crippen LogP contribution < -0.4 is 0 Å². The summed E-state index contributed by atoms with van der Waals surface area (Å²) in [6.07, 6.45) is 1.72. The smallest absolute Gasteiger partial charge is 0.140 e. The molecule has 0 saturated heterocycles. The minimum atomic E-state index is 0.100. The monoisotopic (exact) mass is 152 g/mol. The summed E-state index contributed by atoms with van der Waals surface area (Å²) in [5.74, 6) is 0.453. The summed E-state index contributed by atoms with van der Waals surface area (Å²) in [5, 5.41) is 0. The molecule has 0 heterocycles. The number of hydrogen-bond acceptors (Lipinski definition) is 1. The standard InChI is InChI=1S/C10H16O/c1-7-5-10(3,4)6-9(11)8(7)2/h8H,1,5-6H2,2-4H3. The fraction of sp³-hybridized carbons (Fsp3) is 0.700. The van der Waals surface area contributed by atoms with Gasteiger partial charge in [-0.25, -0.2) is 0 Å². The molecule has 1 aliphatic carbocycles. The Hall–Kier alpha value is -0.590. The zero-order valence-electron chi connectivity index (χ0n) is 7.61. The van der Waals surface area contributed by atoms with Gasteiger partial charge in [-0.3, -0.25) is 4.79 Å². The molecular formula is C10H16O. The molecule has 0 radical (unpaired) electrons. The maximum absolute atomic E-state index is 11.4. The van der Waals surface area contributed by atoms with Crippen molar-refractivity contribution >= 4 is 5.78 Å². The Morgan fingerprint density at radius 2 is 2.00 bits per heavy atom. The van der Waals surface area contributed by atoms with Crippen molar-refractivity contribution in [3.05, 3.63) is 12.2 Å². The average Bonchev–Trinajstić information content (AvgIpc) is 1.81. The van der Waals surface area contributed by atoms with Crippen molar-refractivity contribution in [2.45, 2.75) is 33.6 Å². The lowest BCUT2D eigenvalue weighted by Crippen LogP contribution is -2.29. The van der Waals surface area contributed by atoms with Crippen molar-refractivity contribution < 1.29 is 4.79 Å². The Morgan fingerprint density at radius 3 is 2.45 bits per heavy atom. The number of rotatable bonds is 0. The average molecular weight is 152 g/mol. The summed E-state index contributed by atoms with van der Waals surface area (Å²) < 4.78 is 0. The molecular weight excluding hydrogens is 136 g/mol. The zero-order chi connectivity index (χ0) is 8.65. The normalized spacial score (nSPS) is 30.6. The Kier molecular flexibility index (Phi) is 1.91. The predicted octanol–water partition coefficient (Wildman–Crippen LogP) is 2.57. The molecule has 1 atom stereocenters. The summed E-state index contributed by atoms with van der Waals surface area (Å²) in [4.78, 5) is 11.4. The van der Waals surface area contributed by atoms with Crippen molar-refractivity contribution in [2.75, 3.05) is 0 Å². The van der Waals surface area contributed by atoms with Gasteiger partial charge in [0.25, 0.3) is 0 Å². The van der Waals surface area contributed by atoms with Gasteiger partial charge in [0.2, 0.25) is 0 Å². The van der Waals surface area contributed by atoms with Crippen molar-refractivity contribution in [3.8, 4) is 0 Å². The Balaban J connectivity index is 2.78. The summed E-state index contributed by atoms with van der Waals surface area (Å²) in [6.45, 7) is 10.1. The van der Waals surface area contributed by atoms with Crippen LogP contribution in [-0.2, 0) is 4.79 Å². The highest BCUT2D eigenvalue weighted by Gasteiger charge is 2.33. The van der Waals surface area contributed by atoms with Gasteiger partial charge in [-0.2, -0.15) is 0 Å². The van der Waals surface area contributed by atoms with Crippen LogP contribution in [0.4, 0.5) is 0 Å². The van der Waals surface area contributed by atoms with Gasteiger partial charge in [-0.15, -0.1) is 0 Å². The van der Waals surface area contributed by atoms with Crippen molar-refractivity contribution in [1.29, 1.82) is 0 Å². The van der Waals surface area contributed by atoms with Crippen LogP contribution in [0, 0.1) is 11.3 Å². The lowest BCUT2D eigenvalue weighted by Gasteiger charge is -2.33. The highest BCUT2D eigenvalue weighted by Crippen LogP contribution is 2.38. The molecule has 0 spiro atoms. The first-order chi connectivity index (χ1) is 4.92. The largest absolute Gasteiger partial charge is 0.299 e. The Bertz CT molecular complexity index is 181. The second-order valence-electron chi connectivity index (χ2n) is 4.36. The maximum Gasteiger partial charge on any atom is 0.140 e. The number of hydrogen-bond donors (Lipinski definition) is 0. The third-order valence-electron chi connectivity index (χ3n) is 2.45. The van der Waals surface area contributed by atoms with Gasteiger partial charge in [0, 0.05) is 12.3 Å². The van der Waals surface area contributed by atoms with E-state index in [-0.39, 0.29) is 11.3 Å². The molecule has 0 aliphatic heterocycles. The van der Waals surface area contributed by atoms with Gasteiger partial charge in [0.05, 0.1) is 0 Å². The summed E-state index contributed by atoms with van der Waals surface area (Å²) in [5.41, 5.74) is 1.26. The van der Waals surface area contributed by atoms with Gasteiger partial charge >= 0.3 is 0 Å². The maximum atomic E-state index is 11.4. The van der Waals surface area contributed by atoms with Crippen LogP contribution in [0.25, 0.3) is 0 Å². The summed E-state index contributed by atoms with van der Waals surface area (Å²) in [7, 11) is 0. The highest BCUT2D eigenvalue weighted by molar-refractivity contribution is 5.85. The van der Waals surface area contributed by atoms with Gasteiger partial charge in [-0.05, 0) is 11.8 Å². The minimum Gasteiger partial charge on any atom is -0.299 e. The van der Waals surface area contributed by atoms with Crippen LogP contribution in [0.5, 0.6) is 0 Å². The van der Waals surface area contributed by atoms with Crippen LogP contribution in [0.2, 0.25) is 0 Å². The van der Waals surface area contributed by atoms with E-state index < -0.39 is 0 Å². The summed E-state index contributed by atoms with van der Waals surface area (Å²) >= 11 is 0. The third kappa shape index (κ3) is 1.70. The lowest BCUT2D eigenvalue weighted by atomic mass is 9.71. The second kappa shape index (κ2) is 2.47. The fourth-order valence-electron chi connectivity index (χ4n) is 1.68. The fourth-order valence-corrected chi connectivity index (χ4v) is 1.68. The summed E-state index contributed by atoms with van der Waals surface area (Å²) in [6, 6.07) is 0. The topological polar surface area (TPSA) is 17.1 Å². The Morgan fingerprint density at radius 1 is 1.45 bits per heavy atom. The molecule has 1 rings (SSSR count). The second-order valence-corrected chi connectivity index (χ2v) is 4.36. The molecule has 0 bridgehead atoms. The van der Waals surface area contributed by atoms with Crippen molar-refractivity contribution in [1.82, 2.24) is 0 Å². The minimum absolute atomic E-state index is 0.100. The van der Waals surface area contributed by atoms with E-state index in [2.05, 4.69) is 20.4 Å². The number of Topliss-reactive ketones (excluding diaryl/α,β-unsaturated/α-hetero) is 1. The molecule has 0 aromatic heterocycles. The van der Waals surface area contributed by atoms with E-state index >= 15 is 0 Å². The SMILES string of the molecule is C=C1CC(C)(C)CC(=O)C1C. The molecule has 1 heteroatoms. The van der Waals surface area contributed by atoms with Gasteiger partial charge < -0.3 is 0 Å². The van der Waals surface area contributed by atoms with E-state index in [1.165, 1.54) is 0 Å². The molecule has 1 unspecified atom stereocenters. The van der Waals surface area contributed by atoms with E-state index in [4.69, 9.17) is 0 Å². The van der Waals surface area contributed by atoms with Crippen LogP contribution in [-0.4, -0.2) is 5.78 Å². The van der Waals surface area contributed by atoms with Crippen LogP contribution >= 0.6 is 0 Å². The first-order valence-electron chi connectivity index (χ1n) is 4.13. The molecule has 0 amide bonds. The van der Waals surface area contributed by atoms with E-state index in [0.717, 1.165) is 12.0 Å². The number of allylic oxidation sites excluding steroid dienone is 1. The molecule has 62 valence electrons.